The molecule has 1 saturated carbocycles. The summed E-state index contributed by atoms with van der Waals surface area (Å²) in [4.78, 5) is 3.93. The fraction of sp³-hybridized carbons (Fsp3) is 0.385. The predicted molar refractivity (Wildman–Crippen MR) is 68.8 cm³/mol. The standard InChI is InChI=1S/C13H16N4O/c1-18-13-6-11(7-13)16-10-2-4-12(5-3-10)17-9-14-8-15-17/h2-5,8-9,11,13,16H,6-7H2,1H3. The van der Waals surface area contributed by atoms with E-state index in [4.69, 9.17) is 4.74 Å². The molecule has 0 radical (unpaired) electrons. The van der Waals surface area contributed by atoms with Gasteiger partial charge in [-0.05, 0) is 37.1 Å². The lowest BCUT2D eigenvalue weighted by Crippen LogP contribution is -2.40. The molecule has 1 fully saturated rings. The number of hydrogen-bond acceptors (Lipinski definition) is 4. The van der Waals surface area contributed by atoms with Crippen molar-refractivity contribution in [1.82, 2.24) is 14.8 Å². The minimum Gasteiger partial charge on any atom is -0.382 e. The van der Waals surface area contributed by atoms with Gasteiger partial charge in [-0.25, -0.2) is 9.67 Å². The summed E-state index contributed by atoms with van der Waals surface area (Å²) < 4.78 is 7.01. The van der Waals surface area contributed by atoms with E-state index in [2.05, 4.69) is 27.5 Å². The van der Waals surface area contributed by atoms with Crippen LogP contribution >= 0.6 is 0 Å². The van der Waals surface area contributed by atoms with Gasteiger partial charge in [-0.15, -0.1) is 0 Å². The Morgan fingerprint density at radius 3 is 2.67 bits per heavy atom. The lowest BCUT2D eigenvalue weighted by atomic mass is 9.89. The minimum atomic E-state index is 0.428. The SMILES string of the molecule is COC1CC(Nc2ccc(-n3cncn3)cc2)C1. The Balaban J connectivity index is 1.62. The number of rotatable bonds is 4. The first kappa shape index (κ1) is 11.2. The van der Waals surface area contributed by atoms with Crippen LogP contribution in [0.2, 0.25) is 0 Å². The summed E-state index contributed by atoms with van der Waals surface area (Å²) >= 11 is 0. The first-order chi connectivity index (χ1) is 8.85. The fourth-order valence-electron chi connectivity index (χ4n) is 2.16. The van der Waals surface area contributed by atoms with Crippen molar-refractivity contribution in [3.63, 3.8) is 0 Å². The largest absolute Gasteiger partial charge is 0.382 e. The van der Waals surface area contributed by atoms with Gasteiger partial charge in [0.25, 0.3) is 0 Å². The van der Waals surface area contributed by atoms with Gasteiger partial charge in [-0.1, -0.05) is 0 Å². The highest BCUT2D eigenvalue weighted by atomic mass is 16.5. The molecule has 18 heavy (non-hydrogen) atoms. The van der Waals surface area contributed by atoms with Gasteiger partial charge in [0, 0.05) is 18.8 Å². The first-order valence-corrected chi connectivity index (χ1v) is 6.09. The van der Waals surface area contributed by atoms with Crippen LogP contribution in [0.25, 0.3) is 5.69 Å². The Hall–Kier alpha value is -1.88. The van der Waals surface area contributed by atoms with Crippen molar-refractivity contribution in [2.45, 2.75) is 25.0 Å². The predicted octanol–water partition coefficient (Wildman–Crippen LogP) is 1.86. The van der Waals surface area contributed by atoms with Crippen LogP contribution in [0.4, 0.5) is 5.69 Å². The molecule has 3 rings (SSSR count). The summed E-state index contributed by atoms with van der Waals surface area (Å²) in [6, 6.07) is 8.73. The van der Waals surface area contributed by atoms with Gasteiger partial charge in [0.05, 0.1) is 11.8 Å². The Morgan fingerprint density at radius 1 is 1.28 bits per heavy atom. The molecule has 0 atom stereocenters. The maximum Gasteiger partial charge on any atom is 0.138 e. The molecule has 2 aromatic rings. The molecule has 0 spiro atoms. The average molecular weight is 244 g/mol. The molecule has 0 bridgehead atoms. The zero-order valence-corrected chi connectivity index (χ0v) is 10.3. The molecule has 0 unspecified atom stereocenters. The topological polar surface area (TPSA) is 52.0 Å². The van der Waals surface area contributed by atoms with Gasteiger partial charge in [0.15, 0.2) is 0 Å². The molecule has 1 aromatic carbocycles. The van der Waals surface area contributed by atoms with E-state index in [1.165, 1.54) is 6.33 Å². The molecule has 0 amide bonds. The van der Waals surface area contributed by atoms with Gasteiger partial charge < -0.3 is 10.1 Å². The molecular weight excluding hydrogens is 228 g/mol. The van der Waals surface area contributed by atoms with Crippen molar-refractivity contribution in [3.05, 3.63) is 36.9 Å². The highest BCUT2D eigenvalue weighted by molar-refractivity contribution is 5.49. The highest BCUT2D eigenvalue weighted by Gasteiger charge is 2.28. The van der Waals surface area contributed by atoms with E-state index in [9.17, 15) is 0 Å². The average Bonchev–Trinajstić information content (AvgIpc) is 2.88. The van der Waals surface area contributed by atoms with Gasteiger partial charge >= 0.3 is 0 Å². The van der Waals surface area contributed by atoms with Crippen molar-refractivity contribution in [2.24, 2.45) is 0 Å². The van der Waals surface area contributed by atoms with Gasteiger partial charge in [-0.2, -0.15) is 5.10 Å². The molecule has 0 saturated heterocycles. The van der Waals surface area contributed by atoms with Crippen molar-refractivity contribution < 1.29 is 4.74 Å². The molecule has 5 heteroatoms. The van der Waals surface area contributed by atoms with E-state index in [1.807, 2.05) is 12.1 Å². The Labute approximate surface area is 106 Å². The Bertz CT molecular complexity index is 488. The lowest BCUT2D eigenvalue weighted by Gasteiger charge is -2.35. The monoisotopic (exact) mass is 244 g/mol. The number of hydrogen-bond donors (Lipinski definition) is 1. The maximum absolute atomic E-state index is 5.26. The number of aromatic nitrogens is 3. The normalized spacial score (nSPS) is 22.5. The zero-order valence-electron chi connectivity index (χ0n) is 10.3. The fourth-order valence-corrected chi connectivity index (χ4v) is 2.16. The first-order valence-electron chi connectivity index (χ1n) is 6.09. The van der Waals surface area contributed by atoms with Crippen LogP contribution in [0.15, 0.2) is 36.9 Å². The summed E-state index contributed by atoms with van der Waals surface area (Å²) in [5.74, 6) is 0. The van der Waals surface area contributed by atoms with Crippen LogP contribution < -0.4 is 5.32 Å². The lowest BCUT2D eigenvalue weighted by molar-refractivity contribution is 0.0329. The van der Waals surface area contributed by atoms with Crippen LogP contribution in [0.3, 0.4) is 0 Å². The van der Waals surface area contributed by atoms with Crippen LogP contribution in [-0.4, -0.2) is 34.0 Å². The van der Waals surface area contributed by atoms with Crippen molar-refractivity contribution in [2.75, 3.05) is 12.4 Å². The third-order valence-electron chi connectivity index (χ3n) is 3.35. The van der Waals surface area contributed by atoms with Crippen molar-refractivity contribution >= 4 is 5.69 Å². The number of benzene rings is 1. The van der Waals surface area contributed by atoms with E-state index < -0.39 is 0 Å². The van der Waals surface area contributed by atoms with Crippen LogP contribution in [0.5, 0.6) is 0 Å². The smallest absolute Gasteiger partial charge is 0.138 e. The zero-order chi connectivity index (χ0) is 12.4. The summed E-state index contributed by atoms with van der Waals surface area (Å²) in [6.45, 7) is 0. The van der Waals surface area contributed by atoms with E-state index in [1.54, 1.807) is 18.1 Å². The molecule has 1 aromatic heterocycles. The molecule has 1 aliphatic rings. The summed E-state index contributed by atoms with van der Waals surface area (Å²) in [5.41, 5.74) is 2.15. The molecule has 1 heterocycles. The van der Waals surface area contributed by atoms with E-state index in [0.717, 1.165) is 24.2 Å². The maximum atomic E-state index is 5.26. The number of methoxy groups -OCH3 is 1. The molecule has 94 valence electrons. The second-order valence-corrected chi connectivity index (χ2v) is 4.56. The number of nitrogens with one attached hydrogen (secondary N) is 1. The van der Waals surface area contributed by atoms with Crippen LogP contribution in [0, 0.1) is 0 Å². The van der Waals surface area contributed by atoms with Crippen LogP contribution in [0.1, 0.15) is 12.8 Å². The second kappa shape index (κ2) is 4.78. The second-order valence-electron chi connectivity index (χ2n) is 4.56. The quantitative estimate of drug-likeness (QED) is 0.892. The van der Waals surface area contributed by atoms with Gasteiger partial charge in [0.1, 0.15) is 12.7 Å². The van der Waals surface area contributed by atoms with Gasteiger partial charge in [0.2, 0.25) is 0 Å². The van der Waals surface area contributed by atoms with Crippen LogP contribution in [-0.2, 0) is 4.74 Å². The summed E-state index contributed by atoms with van der Waals surface area (Å²) in [5, 5.41) is 7.58. The van der Waals surface area contributed by atoms with Gasteiger partial charge in [-0.3, -0.25) is 0 Å². The Morgan fingerprint density at radius 2 is 2.06 bits per heavy atom. The Kier molecular flexibility index (Phi) is 2.98. The molecule has 5 nitrogen and oxygen atoms in total. The number of ether oxygens (including phenoxy) is 1. The van der Waals surface area contributed by atoms with E-state index in [-0.39, 0.29) is 0 Å². The van der Waals surface area contributed by atoms with Crippen molar-refractivity contribution in [3.8, 4) is 5.69 Å². The molecule has 0 aliphatic heterocycles. The van der Waals surface area contributed by atoms with E-state index in [0.29, 0.717) is 12.1 Å². The summed E-state index contributed by atoms with van der Waals surface area (Å²) in [6.07, 6.45) is 5.82. The van der Waals surface area contributed by atoms with Crippen molar-refractivity contribution in [1.29, 1.82) is 0 Å². The molecule has 1 aliphatic carbocycles. The summed E-state index contributed by atoms with van der Waals surface area (Å²) in [7, 11) is 1.77. The highest BCUT2D eigenvalue weighted by Crippen LogP contribution is 2.26. The number of nitrogens with zero attached hydrogens (tertiary/aromatic N) is 3. The number of anilines is 1. The minimum absolute atomic E-state index is 0.428. The third kappa shape index (κ3) is 2.22. The third-order valence-corrected chi connectivity index (χ3v) is 3.35. The molecule has 1 N–H and O–H groups in total. The van der Waals surface area contributed by atoms with E-state index >= 15 is 0 Å². The molecular formula is C13H16N4O.